The van der Waals surface area contributed by atoms with E-state index in [1.165, 1.54) is 6.92 Å². The van der Waals surface area contributed by atoms with Gasteiger partial charge in [-0.3, -0.25) is 10.2 Å². The molecular formula is C11H12ClN3O2. The van der Waals surface area contributed by atoms with E-state index in [4.69, 9.17) is 16.8 Å². The van der Waals surface area contributed by atoms with Gasteiger partial charge < -0.3 is 5.21 Å². The van der Waals surface area contributed by atoms with Crippen LogP contribution in [0.25, 0.3) is 0 Å². The summed E-state index contributed by atoms with van der Waals surface area (Å²) in [7, 11) is 0. The second kappa shape index (κ2) is 6.00. The Balaban J connectivity index is 2.77. The Morgan fingerprint density at radius 3 is 2.35 bits per heavy atom. The van der Waals surface area contributed by atoms with Gasteiger partial charge in [0.15, 0.2) is 11.5 Å². The monoisotopic (exact) mass is 253 g/mol. The highest BCUT2D eigenvalue weighted by molar-refractivity contribution is 6.66. The number of rotatable bonds is 4. The third-order valence-corrected chi connectivity index (χ3v) is 2.23. The van der Waals surface area contributed by atoms with Crippen molar-refractivity contribution in [1.82, 2.24) is 0 Å². The highest BCUT2D eigenvalue weighted by Gasteiger charge is 2.10. The van der Waals surface area contributed by atoms with Crippen LogP contribution >= 0.6 is 11.6 Å². The number of oxime groups is 1. The van der Waals surface area contributed by atoms with Crippen molar-refractivity contribution in [3.8, 4) is 0 Å². The predicted octanol–water partition coefficient (Wildman–Crippen LogP) is 2.55. The smallest absolute Gasteiger partial charge is 0.183 e. The molecule has 0 spiro atoms. The third-order valence-electron chi connectivity index (χ3n) is 1.97. The zero-order valence-electron chi connectivity index (χ0n) is 9.44. The quantitative estimate of drug-likeness (QED) is 0.492. The van der Waals surface area contributed by atoms with Gasteiger partial charge in [0.2, 0.25) is 0 Å². The molecule has 0 bridgehead atoms. The molecule has 0 heterocycles. The van der Waals surface area contributed by atoms with Crippen LogP contribution in [0.2, 0.25) is 5.02 Å². The minimum Gasteiger partial charge on any atom is -0.410 e. The minimum atomic E-state index is -0.355. The van der Waals surface area contributed by atoms with Crippen molar-refractivity contribution in [2.24, 2.45) is 10.3 Å². The first-order chi connectivity index (χ1) is 8.04. The molecule has 1 aromatic rings. The standard InChI is InChI=1S/C11H12ClN3O2/c1-7(11(15-17)8(2)16)13-14-10-5-3-9(12)4-6-10/h3-6,14,17H,1-2H3/b13-7-,15-11-. The van der Waals surface area contributed by atoms with Gasteiger partial charge in [0.25, 0.3) is 0 Å². The number of carbonyl (C=O) groups excluding carboxylic acids is 1. The van der Waals surface area contributed by atoms with Crippen LogP contribution in [-0.2, 0) is 4.79 Å². The van der Waals surface area contributed by atoms with E-state index in [0.29, 0.717) is 10.7 Å². The zero-order valence-corrected chi connectivity index (χ0v) is 10.2. The van der Waals surface area contributed by atoms with Gasteiger partial charge in [0.1, 0.15) is 0 Å². The molecule has 1 aromatic carbocycles. The molecule has 6 heteroatoms. The molecule has 0 aliphatic rings. The van der Waals surface area contributed by atoms with E-state index >= 15 is 0 Å². The Kier molecular flexibility index (Phi) is 4.66. The number of Topliss-reactive ketones (excluding diaryl/α,β-unsaturated/α-hetero) is 1. The molecule has 0 saturated heterocycles. The number of anilines is 1. The summed E-state index contributed by atoms with van der Waals surface area (Å²) in [5, 5.41) is 16.1. The van der Waals surface area contributed by atoms with E-state index in [2.05, 4.69) is 15.7 Å². The zero-order chi connectivity index (χ0) is 12.8. The summed E-state index contributed by atoms with van der Waals surface area (Å²) in [5.74, 6) is -0.355. The number of hydrazone groups is 1. The van der Waals surface area contributed by atoms with Gasteiger partial charge >= 0.3 is 0 Å². The lowest BCUT2D eigenvalue weighted by Crippen LogP contribution is -2.20. The Bertz CT molecular complexity index is 466. The summed E-state index contributed by atoms with van der Waals surface area (Å²) < 4.78 is 0. The highest BCUT2D eigenvalue weighted by atomic mass is 35.5. The molecule has 1 rings (SSSR count). The van der Waals surface area contributed by atoms with E-state index in [0.717, 1.165) is 5.69 Å². The first-order valence-corrected chi connectivity index (χ1v) is 5.21. The Hall–Kier alpha value is -1.88. The molecule has 0 amide bonds. The van der Waals surface area contributed by atoms with Crippen LogP contribution in [-0.4, -0.2) is 22.4 Å². The first-order valence-electron chi connectivity index (χ1n) is 4.84. The molecule has 0 aliphatic carbocycles. The number of nitrogens with zero attached hydrogens (tertiary/aromatic N) is 2. The number of ketones is 1. The summed E-state index contributed by atoms with van der Waals surface area (Å²) in [4.78, 5) is 11.1. The maximum absolute atomic E-state index is 11.1. The molecule has 0 aromatic heterocycles. The summed E-state index contributed by atoms with van der Waals surface area (Å²) in [6.45, 7) is 2.87. The molecule has 0 aliphatic heterocycles. The van der Waals surface area contributed by atoms with Gasteiger partial charge in [-0.25, -0.2) is 0 Å². The van der Waals surface area contributed by atoms with Gasteiger partial charge in [0.05, 0.1) is 11.4 Å². The van der Waals surface area contributed by atoms with E-state index < -0.39 is 0 Å². The van der Waals surface area contributed by atoms with Gasteiger partial charge in [-0.15, -0.1) is 0 Å². The van der Waals surface area contributed by atoms with E-state index in [-0.39, 0.29) is 11.5 Å². The minimum absolute atomic E-state index is 0.0773. The average molecular weight is 254 g/mol. The topological polar surface area (TPSA) is 74.0 Å². The van der Waals surface area contributed by atoms with E-state index in [9.17, 15) is 4.79 Å². The lowest BCUT2D eigenvalue weighted by Gasteiger charge is -2.03. The van der Waals surface area contributed by atoms with E-state index in [1.54, 1.807) is 31.2 Å². The van der Waals surface area contributed by atoms with Crippen LogP contribution in [0, 0.1) is 0 Å². The van der Waals surface area contributed by atoms with Crippen molar-refractivity contribution in [1.29, 1.82) is 0 Å². The number of hydrogen-bond donors (Lipinski definition) is 2. The average Bonchev–Trinajstić information content (AvgIpc) is 2.28. The van der Waals surface area contributed by atoms with Crippen molar-refractivity contribution >= 4 is 34.5 Å². The summed E-state index contributed by atoms with van der Waals surface area (Å²) >= 11 is 5.73. The lowest BCUT2D eigenvalue weighted by molar-refractivity contribution is -0.111. The van der Waals surface area contributed by atoms with Crippen molar-refractivity contribution in [3.63, 3.8) is 0 Å². The number of halogens is 1. The molecule has 90 valence electrons. The normalized spacial score (nSPS) is 12.4. The summed E-state index contributed by atoms with van der Waals surface area (Å²) in [5.41, 5.74) is 3.67. The van der Waals surface area contributed by atoms with Crippen LogP contribution < -0.4 is 5.43 Å². The number of nitrogens with one attached hydrogen (secondary N) is 1. The Morgan fingerprint density at radius 2 is 1.88 bits per heavy atom. The van der Waals surface area contributed by atoms with Gasteiger partial charge in [-0.1, -0.05) is 16.8 Å². The first kappa shape index (κ1) is 13.2. The highest BCUT2D eigenvalue weighted by Crippen LogP contribution is 2.13. The van der Waals surface area contributed by atoms with Crippen molar-refractivity contribution < 1.29 is 10.0 Å². The number of benzene rings is 1. The molecule has 0 saturated carbocycles. The molecule has 0 unspecified atom stereocenters. The van der Waals surface area contributed by atoms with Gasteiger partial charge in [0, 0.05) is 11.9 Å². The van der Waals surface area contributed by atoms with Crippen molar-refractivity contribution in [2.75, 3.05) is 5.43 Å². The maximum Gasteiger partial charge on any atom is 0.183 e. The van der Waals surface area contributed by atoms with Crippen molar-refractivity contribution in [2.45, 2.75) is 13.8 Å². The Morgan fingerprint density at radius 1 is 1.29 bits per heavy atom. The van der Waals surface area contributed by atoms with Crippen LogP contribution in [0.4, 0.5) is 5.69 Å². The van der Waals surface area contributed by atoms with Crippen LogP contribution in [0.1, 0.15) is 13.8 Å². The lowest BCUT2D eigenvalue weighted by atomic mass is 10.2. The number of hydrogen-bond acceptors (Lipinski definition) is 5. The predicted molar refractivity (Wildman–Crippen MR) is 68.1 cm³/mol. The number of carbonyl (C=O) groups is 1. The van der Waals surface area contributed by atoms with Crippen molar-refractivity contribution in [3.05, 3.63) is 29.3 Å². The second-order valence-electron chi connectivity index (χ2n) is 3.32. The van der Waals surface area contributed by atoms with Crippen LogP contribution in [0.15, 0.2) is 34.5 Å². The largest absolute Gasteiger partial charge is 0.410 e. The molecule has 5 nitrogen and oxygen atoms in total. The van der Waals surface area contributed by atoms with Gasteiger partial charge in [-0.05, 0) is 31.2 Å². The molecule has 17 heavy (non-hydrogen) atoms. The fraction of sp³-hybridized carbons (Fsp3) is 0.182. The fourth-order valence-corrected chi connectivity index (χ4v) is 1.25. The third kappa shape index (κ3) is 3.88. The summed E-state index contributed by atoms with van der Waals surface area (Å²) in [6.07, 6.45) is 0. The summed E-state index contributed by atoms with van der Waals surface area (Å²) in [6, 6.07) is 6.90. The fourth-order valence-electron chi connectivity index (χ4n) is 1.12. The SMILES string of the molecule is CC(=O)C(=N\O)/C(C)=N\Nc1ccc(Cl)cc1. The second-order valence-corrected chi connectivity index (χ2v) is 3.76. The molecule has 0 radical (unpaired) electrons. The van der Waals surface area contributed by atoms with Crippen LogP contribution in [0.3, 0.4) is 0 Å². The Labute approximate surface area is 104 Å². The molecule has 2 N–H and O–H groups in total. The van der Waals surface area contributed by atoms with E-state index in [1.807, 2.05) is 0 Å². The van der Waals surface area contributed by atoms with Crippen LogP contribution in [0.5, 0.6) is 0 Å². The maximum atomic E-state index is 11.1. The molecule has 0 atom stereocenters. The molecule has 0 fully saturated rings. The molecular weight excluding hydrogens is 242 g/mol. The van der Waals surface area contributed by atoms with Gasteiger partial charge in [-0.2, -0.15) is 5.10 Å².